The molecule has 4 nitrogen and oxygen atoms in total. The van der Waals surface area contributed by atoms with Crippen molar-refractivity contribution in [3.8, 4) is 0 Å². The van der Waals surface area contributed by atoms with Crippen molar-refractivity contribution in [2.45, 2.75) is 32.7 Å². The Bertz CT molecular complexity index is 281. The molecule has 0 atom stereocenters. The lowest BCUT2D eigenvalue weighted by Crippen LogP contribution is -2.34. The van der Waals surface area contributed by atoms with Gasteiger partial charge in [-0.1, -0.05) is 0 Å². The molecule has 0 aromatic carbocycles. The smallest absolute Gasteiger partial charge is 0.220 e. The van der Waals surface area contributed by atoms with E-state index in [0.29, 0.717) is 12.4 Å². The molecule has 13 heavy (non-hydrogen) atoms. The molecule has 0 aliphatic rings. The summed E-state index contributed by atoms with van der Waals surface area (Å²) in [4.78, 5) is 8.10. The highest BCUT2D eigenvalue weighted by Gasteiger charge is 2.13. The summed E-state index contributed by atoms with van der Waals surface area (Å²) >= 11 is 0. The lowest BCUT2D eigenvalue weighted by atomic mass is 10.00. The van der Waals surface area contributed by atoms with Crippen LogP contribution < -0.4 is 11.5 Å². The third-order valence-corrected chi connectivity index (χ3v) is 1.56. The van der Waals surface area contributed by atoms with E-state index in [0.717, 1.165) is 11.4 Å². The van der Waals surface area contributed by atoms with E-state index in [-0.39, 0.29) is 5.54 Å². The Labute approximate surface area is 78.4 Å². The summed E-state index contributed by atoms with van der Waals surface area (Å²) in [5.41, 5.74) is 12.9. The number of aromatic nitrogens is 2. The highest BCUT2D eigenvalue weighted by Crippen LogP contribution is 2.09. The topological polar surface area (TPSA) is 77.8 Å². The molecule has 1 rings (SSSR count). The average molecular weight is 180 g/mol. The lowest BCUT2D eigenvalue weighted by Gasteiger charge is -2.17. The van der Waals surface area contributed by atoms with Crippen molar-refractivity contribution in [1.29, 1.82) is 0 Å². The molecule has 0 unspecified atom stereocenters. The first-order valence-electron chi connectivity index (χ1n) is 4.26. The quantitative estimate of drug-likeness (QED) is 0.700. The molecule has 4 heteroatoms. The Kier molecular flexibility index (Phi) is 2.52. The third-order valence-electron chi connectivity index (χ3n) is 1.56. The monoisotopic (exact) mass is 180 g/mol. The maximum Gasteiger partial charge on any atom is 0.220 e. The Hall–Kier alpha value is -1.16. The molecule has 1 aromatic heterocycles. The van der Waals surface area contributed by atoms with Crippen LogP contribution in [0.2, 0.25) is 0 Å². The summed E-state index contributed by atoms with van der Waals surface area (Å²) in [7, 11) is 0. The number of anilines is 1. The minimum absolute atomic E-state index is 0.257. The normalized spacial score (nSPS) is 11.7. The van der Waals surface area contributed by atoms with Gasteiger partial charge in [0, 0.05) is 23.3 Å². The van der Waals surface area contributed by atoms with Crippen molar-refractivity contribution in [3.05, 3.63) is 17.5 Å². The summed E-state index contributed by atoms with van der Waals surface area (Å²) in [6, 6.07) is 1.91. The first-order valence-corrected chi connectivity index (χ1v) is 4.26. The van der Waals surface area contributed by atoms with Crippen LogP contribution in [0.1, 0.15) is 25.2 Å². The van der Waals surface area contributed by atoms with E-state index in [4.69, 9.17) is 11.5 Å². The molecule has 1 heterocycles. The van der Waals surface area contributed by atoms with Crippen molar-refractivity contribution in [3.63, 3.8) is 0 Å². The Balaban J connectivity index is 2.90. The van der Waals surface area contributed by atoms with E-state index in [1.807, 2.05) is 26.8 Å². The Morgan fingerprint density at radius 2 is 2.00 bits per heavy atom. The van der Waals surface area contributed by atoms with Gasteiger partial charge in [0.05, 0.1) is 0 Å². The van der Waals surface area contributed by atoms with Crippen LogP contribution in [0.4, 0.5) is 5.95 Å². The molecular formula is C9H16N4. The van der Waals surface area contributed by atoms with E-state index in [1.165, 1.54) is 0 Å². The van der Waals surface area contributed by atoms with Crippen LogP contribution in [0.3, 0.4) is 0 Å². The van der Waals surface area contributed by atoms with Crippen molar-refractivity contribution < 1.29 is 0 Å². The van der Waals surface area contributed by atoms with Crippen LogP contribution in [0.15, 0.2) is 6.07 Å². The number of hydrogen-bond acceptors (Lipinski definition) is 4. The minimum Gasteiger partial charge on any atom is -0.368 e. The minimum atomic E-state index is -0.257. The second-order valence-electron chi connectivity index (χ2n) is 4.02. The zero-order valence-corrected chi connectivity index (χ0v) is 8.33. The van der Waals surface area contributed by atoms with Crippen LogP contribution in [0.5, 0.6) is 0 Å². The van der Waals surface area contributed by atoms with Gasteiger partial charge in [0.25, 0.3) is 0 Å². The maximum atomic E-state index is 5.87. The molecule has 4 N–H and O–H groups in total. The maximum absolute atomic E-state index is 5.87. The van der Waals surface area contributed by atoms with Crippen LogP contribution in [-0.2, 0) is 6.42 Å². The number of nitrogen functional groups attached to an aromatic ring is 1. The highest BCUT2D eigenvalue weighted by atomic mass is 15.0. The number of hydrogen-bond donors (Lipinski definition) is 2. The second-order valence-corrected chi connectivity index (χ2v) is 4.02. The highest BCUT2D eigenvalue weighted by molar-refractivity contribution is 5.22. The van der Waals surface area contributed by atoms with E-state index >= 15 is 0 Å². The molecule has 72 valence electrons. The molecular weight excluding hydrogens is 164 g/mol. The van der Waals surface area contributed by atoms with Gasteiger partial charge < -0.3 is 11.5 Å². The van der Waals surface area contributed by atoms with E-state index in [1.54, 1.807) is 0 Å². The van der Waals surface area contributed by atoms with Gasteiger partial charge in [0.2, 0.25) is 5.95 Å². The number of aryl methyl sites for hydroxylation is 1. The van der Waals surface area contributed by atoms with Gasteiger partial charge in [0.1, 0.15) is 0 Å². The van der Waals surface area contributed by atoms with Crippen molar-refractivity contribution >= 4 is 5.95 Å². The molecule has 0 aliphatic heterocycles. The molecule has 0 aliphatic carbocycles. The Morgan fingerprint density at radius 3 is 2.46 bits per heavy atom. The van der Waals surface area contributed by atoms with Gasteiger partial charge in [-0.2, -0.15) is 0 Å². The van der Waals surface area contributed by atoms with Gasteiger partial charge in [-0.15, -0.1) is 0 Å². The van der Waals surface area contributed by atoms with Gasteiger partial charge in [-0.25, -0.2) is 9.97 Å². The second kappa shape index (κ2) is 3.30. The summed E-state index contributed by atoms with van der Waals surface area (Å²) in [5.74, 6) is 0.319. The average Bonchev–Trinajstić information content (AvgIpc) is 1.78. The first kappa shape index (κ1) is 9.92. The zero-order valence-electron chi connectivity index (χ0n) is 8.33. The predicted molar refractivity (Wildman–Crippen MR) is 53.2 cm³/mol. The van der Waals surface area contributed by atoms with E-state index < -0.39 is 0 Å². The predicted octanol–water partition coefficient (Wildman–Crippen LogP) is 0.647. The molecule has 0 saturated heterocycles. The summed E-state index contributed by atoms with van der Waals surface area (Å²) in [5, 5.41) is 0. The van der Waals surface area contributed by atoms with Gasteiger partial charge in [0.15, 0.2) is 0 Å². The van der Waals surface area contributed by atoms with Crippen molar-refractivity contribution in [2.75, 3.05) is 5.73 Å². The van der Waals surface area contributed by atoms with E-state index in [9.17, 15) is 0 Å². The SMILES string of the molecule is Cc1cc(CC(C)(C)N)nc(N)n1. The van der Waals surface area contributed by atoms with Crippen LogP contribution >= 0.6 is 0 Å². The van der Waals surface area contributed by atoms with Crippen molar-refractivity contribution in [2.24, 2.45) is 5.73 Å². The molecule has 0 radical (unpaired) electrons. The molecule has 0 saturated carbocycles. The number of rotatable bonds is 2. The van der Waals surface area contributed by atoms with Gasteiger partial charge >= 0.3 is 0 Å². The number of nitrogens with zero attached hydrogens (tertiary/aromatic N) is 2. The molecule has 0 fully saturated rings. The van der Waals surface area contributed by atoms with Crippen LogP contribution in [0, 0.1) is 6.92 Å². The van der Waals surface area contributed by atoms with Gasteiger partial charge in [-0.05, 0) is 26.8 Å². The number of nitrogens with two attached hydrogens (primary N) is 2. The Morgan fingerprint density at radius 1 is 1.38 bits per heavy atom. The fourth-order valence-electron chi connectivity index (χ4n) is 1.22. The van der Waals surface area contributed by atoms with Crippen molar-refractivity contribution in [1.82, 2.24) is 9.97 Å². The van der Waals surface area contributed by atoms with E-state index in [2.05, 4.69) is 9.97 Å². The fourth-order valence-corrected chi connectivity index (χ4v) is 1.22. The molecule has 0 bridgehead atoms. The first-order chi connectivity index (χ1) is 5.87. The molecule has 0 amide bonds. The third kappa shape index (κ3) is 3.38. The van der Waals surface area contributed by atoms with Crippen LogP contribution in [-0.4, -0.2) is 15.5 Å². The fraction of sp³-hybridized carbons (Fsp3) is 0.556. The summed E-state index contributed by atoms with van der Waals surface area (Å²) in [6.45, 7) is 5.81. The molecule has 1 aromatic rings. The summed E-state index contributed by atoms with van der Waals surface area (Å²) in [6.07, 6.45) is 0.709. The van der Waals surface area contributed by atoms with Gasteiger partial charge in [-0.3, -0.25) is 0 Å². The zero-order chi connectivity index (χ0) is 10.1. The van der Waals surface area contributed by atoms with Crippen LogP contribution in [0.25, 0.3) is 0 Å². The standard InChI is InChI=1S/C9H16N4/c1-6-4-7(5-9(2,3)11)13-8(10)12-6/h4H,5,11H2,1-3H3,(H2,10,12,13). The lowest BCUT2D eigenvalue weighted by molar-refractivity contribution is 0.510. The summed E-state index contributed by atoms with van der Waals surface area (Å²) < 4.78 is 0. The largest absolute Gasteiger partial charge is 0.368 e. The molecule has 0 spiro atoms.